The topological polar surface area (TPSA) is 82.3 Å². The van der Waals surface area contributed by atoms with Gasteiger partial charge in [-0.1, -0.05) is 0 Å². The van der Waals surface area contributed by atoms with Crippen molar-refractivity contribution in [3.8, 4) is 0 Å². The Kier molecular flexibility index (Phi) is 2.78. The number of nitrogens with one attached hydrogen (secondary N) is 2. The van der Waals surface area contributed by atoms with Crippen LogP contribution in [0.5, 0.6) is 0 Å². The van der Waals surface area contributed by atoms with E-state index in [1.807, 2.05) is 0 Å². The standard InChI is InChI=1S/C9H8BrN3O3/c10-5-1-6(11-2-5)9(16)13-3-7(14)12-8(15)4-13/h1-2,11H,3-4H2,(H,12,14,15). The normalized spacial score (nSPS) is 16.2. The molecule has 1 saturated heterocycles. The number of rotatable bonds is 1. The number of carbonyl (C=O) groups excluding carboxylic acids is 3. The number of halogens is 1. The summed E-state index contributed by atoms with van der Waals surface area (Å²) in [7, 11) is 0. The number of nitrogens with zero attached hydrogens (tertiary/aromatic N) is 1. The summed E-state index contributed by atoms with van der Waals surface area (Å²) in [6, 6.07) is 1.60. The molecular weight excluding hydrogens is 278 g/mol. The minimum absolute atomic E-state index is 0.0960. The maximum atomic E-state index is 11.8. The molecule has 0 radical (unpaired) electrons. The molecule has 0 aliphatic carbocycles. The largest absolute Gasteiger partial charge is 0.356 e. The second-order valence-corrected chi connectivity index (χ2v) is 4.28. The van der Waals surface area contributed by atoms with E-state index in [0.717, 1.165) is 4.47 Å². The van der Waals surface area contributed by atoms with E-state index in [0.29, 0.717) is 5.69 Å². The molecule has 0 aromatic carbocycles. The van der Waals surface area contributed by atoms with E-state index in [4.69, 9.17) is 0 Å². The van der Waals surface area contributed by atoms with Crippen LogP contribution in [0.1, 0.15) is 10.5 Å². The van der Waals surface area contributed by atoms with E-state index in [-0.39, 0.29) is 19.0 Å². The molecule has 0 unspecified atom stereocenters. The van der Waals surface area contributed by atoms with Crippen molar-refractivity contribution in [3.05, 3.63) is 22.4 Å². The third-order valence-corrected chi connectivity index (χ3v) is 2.57. The summed E-state index contributed by atoms with van der Waals surface area (Å²) in [5, 5.41) is 2.13. The van der Waals surface area contributed by atoms with Crippen LogP contribution in [0.15, 0.2) is 16.7 Å². The summed E-state index contributed by atoms with van der Waals surface area (Å²) in [6.45, 7) is -0.192. The number of amides is 3. The van der Waals surface area contributed by atoms with Crippen LogP contribution in [-0.2, 0) is 9.59 Å². The number of aromatic amines is 1. The zero-order valence-electron chi connectivity index (χ0n) is 8.12. The molecule has 2 N–H and O–H groups in total. The lowest BCUT2D eigenvalue weighted by Crippen LogP contribution is -2.53. The SMILES string of the molecule is O=C1CN(C(=O)c2cc(Br)c[nH]2)CC(=O)N1. The average molecular weight is 286 g/mol. The summed E-state index contributed by atoms with van der Waals surface area (Å²) in [5.74, 6) is -1.29. The van der Waals surface area contributed by atoms with Gasteiger partial charge in [0.15, 0.2) is 0 Å². The smallest absolute Gasteiger partial charge is 0.271 e. The second kappa shape index (κ2) is 4.09. The predicted octanol–water partition coefficient (Wildman–Crippen LogP) is -0.124. The van der Waals surface area contributed by atoms with Gasteiger partial charge in [-0.2, -0.15) is 0 Å². The maximum absolute atomic E-state index is 11.8. The summed E-state index contributed by atoms with van der Waals surface area (Å²) < 4.78 is 0.739. The van der Waals surface area contributed by atoms with Gasteiger partial charge < -0.3 is 9.88 Å². The van der Waals surface area contributed by atoms with Crippen LogP contribution in [0.3, 0.4) is 0 Å². The van der Waals surface area contributed by atoms with Gasteiger partial charge in [-0.15, -0.1) is 0 Å². The fourth-order valence-electron chi connectivity index (χ4n) is 1.44. The zero-order valence-corrected chi connectivity index (χ0v) is 9.70. The van der Waals surface area contributed by atoms with Crippen LogP contribution in [-0.4, -0.2) is 40.7 Å². The Morgan fingerprint density at radius 3 is 2.44 bits per heavy atom. The predicted molar refractivity (Wildman–Crippen MR) is 57.5 cm³/mol. The molecule has 1 fully saturated rings. The van der Waals surface area contributed by atoms with E-state index >= 15 is 0 Å². The van der Waals surface area contributed by atoms with Gasteiger partial charge in [0.1, 0.15) is 18.8 Å². The van der Waals surface area contributed by atoms with Crippen LogP contribution >= 0.6 is 15.9 Å². The number of hydrogen-bond donors (Lipinski definition) is 2. The molecule has 7 heteroatoms. The Morgan fingerprint density at radius 2 is 1.94 bits per heavy atom. The number of H-pyrrole nitrogens is 1. The van der Waals surface area contributed by atoms with Crippen molar-refractivity contribution in [2.45, 2.75) is 0 Å². The Balaban J connectivity index is 2.15. The van der Waals surface area contributed by atoms with Crippen molar-refractivity contribution in [3.63, 3.8) is 0 Å². The summed E-state index contributed by atoms with van der Waals surface area (Å²) in [4.78, 5) is 37.9. The second-order valence-electron chi connectivity index (χ2n) is 3.36. The van der Waals surface area contributed by atoms with Gasteiger partial charge in [-0.25, -0.2) is 0 Å². The molecule has 2 heterocycles. The molecule has 0 spiro atoms. The Hall–Kier alpha value is -1.63. The zero-order chi connectivity index (χ0) is 11.7. The molecule has 1 aromatic heterocycles. The van der Waals surface area contributed by atoms with Crippen molar-refractivity contribution in [1.29, 1.82) is 0 Å². The number of piperazine rings is 1. The highest BCUT2D eigenvalue weighted by molar-refractivity contribution is 9.10. The first-order valence-electron chi connectivity index (χ1n) is 4.52. The van der Waals surface area contributed by atoms with Gasteiger partial charge >= 0.3 is 0 Å². The van der Waals surface area contributed by atoms with Crippen LogP contribution in [0.25, 0.3) is 0 Å². The minimum Gasteiger partial charge on any atom is -0.356 e. The first kappa shape index (κ1) is 10.9. The molecule has 16 heavy (non-hydrogen) atoms. The molecule has 1 aliphatic heterocycles. The summed E-state index contributed by atoms with van der Waals surface area (Å²) in [5.41, 5.74) is 0.342. The van der Waals surface area contributed by atoms with Crippen molar-refractivity contribution in [2.75, 3.05) is 13.1 Å². The molecular formula is C9H8BrN3O3. The molecule has 84 valence electrons. The van der Waals surface area contributed by atoms with E-state index in [2.05, 4.69) is 26.2 Å². The van der Waals surface area contributed by atoms with E-state index in [9.17, 15) is 14.4 Å². The highest BCUT2D eigenvalue weighted by Gasteiger charge is 2.27. The Labute approximate surface area is 99.1 Å². The lowest BCUT2D eigenvalue weighted by atomic mass is 10.3. The lowest BCUT2D eigenvalue weighted by Gasteiger charge is -2.24. The highest BCUT2D eigenvalue weighted by atomic mass is 79.9. The lowest BCUT2D eigenvalue weighted by molar-refractivity contribution is -0.135. The van der Waals surface area contributed by atoms with Gasteiger partial charge in [-0.3, -0.25) is 19.7 Å². The molecule has 2 rings (SSSR count). The fraction of sp³-hybridized carbons (Fsp3) is 0.222. The van der Waals surface area contributed by atoms with Crippen molar-refractivity contribution in [1.82, 2.24) is 15.2 Å². The van der Waals surface area contributed by atoms with Gasteiger partial charge in [-0.05, 0) is 22.0 Å². The van der Waals surface area contributed by atoms with E-state index in [1.54, 1.807) is 12.3 Å². The van der Waals surface area contributed by atoms with Gasteiger partial charge in [0.2, 0.25) is 11.8 Å². The first-order valence-corrected chi connectivity index (χ1v) is 5.31. The summed E-state index contributed by atoms with van der Waals surface area (Å²) in [6.07, 6.45) is 1.61. The molecule has 3 amide bonds. The van der Waals surface area contributed by atoms with Crippen molar-refractivity contribution in [2.24, 2.45) is 0 Å². The summed E-state index contributed by atoms with van der Waals surface area (Å²) >= 11 is 3.20. The number of imide groups is 1. The highest BCUT2D eigenvalue weighted by Crippen LogP contribution is 2.12. The number of hydrogen-bond acceptors (Lipinski definition) is 3. The molecule has 6 nitrogen and oxygen atoms in total. The minimum atomic E-state index is -0.463. The van der Waals surface area contributed by atoms with Gasteiger partial charge in [0, 0.05) is 10.7 Å². The number of carbonyl (C=O) groups is 3. The fourth-order valence-corrected chi connectivity index (χ4v) is 1.79. The monoisotopic (exact) mass is 285 g/mol. The van der Waals surface area contributed by atoms with Crippen molar-refractivity contribution < 1.29 is 14.4 Å². The first-order chi connectivity index (χ1) is 7.56. The Morgan fingerprint density at radius 1 is 1.31 bits per heavy atom. The van der Waals surface area contributed by atoms with E-state index in [1.165, 1.54) is 4.90 Å². The van der Waals surface area contributed by atoms with Crippen LogP contribution < -0.4 is 5.32 Å². The quantitative estimate of drug-likeness (QED) is 0.706. The molecule has 0 atom stereocenters. The molecule has 0 bridgehead atoms. The maximum Gasteiger partial charge on any atom is 0.271 e. The molecule has 1 aliphatic rings. The average Bonchev–Trinajstić information content (AvgIpc) is 2.62. The van der Waals surface area contributed by atoms with Crippen LogP contribution in [0.2, 0.25) is 0 Å². The number of aromatic nitrogens is 1. The molecule has 1 aromatic rings. The van der Waals surface area contributed by atoms with Crippen molar-refractivity contribution >= 4 is 33.7 Å². The third-order valence-electron chi connectivity index (χ3n) is 2.11. The van der Waals surface area contributed by atoms with Crippen LogP contribution in [0.4, 0.5) is 0 Å². The third kappa shape index (κ3) is 2.13. The van der Waals surface area contributed by atoms with Gasteiger partial charge in [0.05, 0.1) is 0 Å². The van der Waals surface area contributed by atoms with Crippen LogP contribution in [0, 0.1) is 0 Å². The Bertz CT molecular complexity index is 452. The van der Waals surface area contributed by atoms with Gasteiger partial charge in [0.25, 0.3) is 5.91 Å². The van der Waals surface area contributed by atoms with E-state index < -0.39 is 11.8 Å². The molecule has 0 saturated carbocycles.